The van der Waals surface area contributed by atoms with Gasteiger partial charge in [0, 0.05) is 32.9 Å². The van der Waals surface area contributed by atoms with Gasteiger partial charge < -0.3 is 20.5 Å². The first-order valence-electron chi connectivity index (χ1n) is 5.73. The third-order valence-corrected chi connectivity index (χ3v) is 2.58. The van der Waals surface area contributed by atoms with E-state index >= 15 is 0 Å². The van der Waals surface area contributed by atoms with Gasteiger partial charge in [-0.05, 0) is 24.1 Å². The number of aliphatic hydroxyl groups is 1. The normalized spacial score (nSPS) is 10.6. The van der Waals surface area contributed by atoms with Crippen molar-refractivity contribution in [3.63, 3.8) is 0 Å². The molecule has 5 heteroatoms. The van der Waals surface area contributed by atoms with E-state index in [1.54, 1.807) is 13.3 Å². The second-order valence-electron chi connectivity index (χ2n) is 3.89. The number of rotatable bonds is 7. The Balaban J connectivity index is 2.85. The van der Waals surface area contributed by atoms with Crippen LogP contribution < -0.4 is 10.6 Å². The first kappa shape index (κ1) is 13.9. The number of aliphatic hydroxyl groups excluding tert-OH is 1. The van der Waals surface area contributed by atoms with Gasteiger partial charge in [-0.25, -0.2) is 4.98 Å². The molecule has 0 amide bonds. The van der Waals surface area contributed by atoms with Crippen LogP contribution in [0.25, 0.3) is 0 Å². The van der Waals surface area contributed by atoms with E-state index in [9.17, 15) is 0 Å². The monoisotopic (exact) mass is 239 g/mol. The Hall–Kier alpha value is -1.17. The summed E-state index contributed by atoms with van der Waals surface area (Å²) in [5.74, 6) is 0.883. The fourth-order valence-electron chi connectivity index (χ4n) is 1.71. The zero-order valence-corrected chi connectivity index (χ0v) is 10.5. The number of hydrogen-bond donors (Lipinski definition) is 2. The minimum atomic E-state index is 0.101. The molecule has 0 aliphatic rings. The minimum absolute atomic E-state index is 0.101. The molecule has 0 spiro atoms. The topological polar surface area (TPSA) is 71.6 Å². The Morgan fingerprint density at radius 1 is 1.47 bits per heavy atom. The fourth-order valence-corrected chi connectivity index (χ4v) is 1.71. The van der Waals surface area contributed by atoms with E-state index in [0.29, 0.717) is 26.2 Å². The zero-order valence-electron chi connectivity index (χ0n) is 10.5. The molecule has 0 radical (unpaired) electrons. The molecule has 17 heavy (non-hydrogen) atoms. The van der Waals surface area contributed by atoms with Gasteiger partial charge >= 0.3 is 0 Å². The second-order valence-corrected chi connectivity index (χ2v) is 3.89. The summed E-state index contributed by atoms with van der Waals surface area (Å²) in [4.78, 5) is 6.41. The van der Waals surface area contributed by atoms with Crippen molar-refractivity contribution < 1.29 is 9.84 Å². The van der Waals surface area contributed by atoms with E-state index in [4.69, 9.17) is 15.6 Å². The molecule has 0 unspecified atom stereocenters. The lowest BCUT2D eigenvalue weighted by molar-refractivity contribution is 0.202. The smallest absolute Gasteiger partial charge is 0.131 e. The SMILES string of the molecule is COCCN(CCO)c1ncc(CN)cc1C. The molecular formula is C12H21N3O2. The minimum Gasteiger partial charge on any atom is -0.395 e. The molecule has 1 aromatic rings. The summed E-state index contributed by atoms with van der Waals surface area (Å²) < 4.78 is 5.05. The predicted octanol–water partition coefficient (Wildman–Crippen LogP) is 0.294. The lowest BCUT2D eigenvalue weighted by Crippen LogP contribution is -2.31. The maximum atomic E-state index is 9.06. The Morgan fingerprint density at radius 2 is 2.24 bits per heavy atom. The number of hydrogen-bond acceptors (Lipinski definition) is 5. The van der Waals surface area contributed by atoms with Crippen LogP contribution in [0.4, 0.5) is 5.82 Å². The highest BCUT2D eigenvalue weighted by Gasteiger charge is 2.10. The quantitative estimate of drug-likeness (QED) is 0.716. The number of aryl methyl sites for hydroxylation is 1. The highest BCUT2D eigenvalue weighted by atomic mass is 16.5. The third kappa shape index (κ3) is 3.96. The summed E-state index contributed by atoms with van der Waals surface area (Å²) in [6, 6.07) is 2.03. The fraction of sp³-hybridized carbons (Fsp3) is 0.583. The van der Waals surface area contributed by atoms with Crippen LogP contribution in [0.2, 0.25) is 0 Å². The Bertz CT molecular complexity index is 345. The highest BCUT2D eigenvalue weighted by Crippen LogP contribution is 2.17. The van der Waals surface area contributed by atoms with Crippen molar-refractivity contribution in [2.75, 3.05) is 38.3 Å². The van der Waals surface area contributed by atoms with E-state index in [2.05, 4.69) is 4.98 Å². The molecule has 96 valence electrons. The first-order chi connectivity index (χ1) is 8.22. The Labute approximate surface area is 102 Å². The molecule has 0 saturated carbocycles. The molecule has 1 heterocycles. The molecule has 3 N–H and O–H groups in total. The van der Waals surface area contributed by atoms with Crippen molar-refractivity contribution in [2.24, 2.45) is 5.73 Å². The lowest BCUT2D eigenvalue weighted by atomic mass is 10.2. The van der Waals surface area contributed by atoms with Gasteiger partial charge in [-0.15, -0.1) is 0 Å². The molecule has 0 aromatic carbocycles. The second kappa shape index (κ2) is 7.21. The highest BCUT2D eigenvalue weighted by molar-refractivity contribution is 5.47. The molecule has 5 nitrogen and oxygen atoms in total. The molecule has 0 aliphatic carbocycles. The number of pyridine rings is 1. The zero-order chi connectivity index (χ0) is 12.7. The van der Waals surface area contributed by atoms with Crippen molar-refractivity contribution in [3.8, 4) is 0 Å². The van der Waals surface area contributed by atoms with Crippen LogP contribution >= 0.6 is 0 Å². The van der Waals surface area contributed by atoms with Gasteiger partial charge in [-0.2, -0.15) is 0 Å². The van der Waals surface area contributed by atoms with Gasteiger partial charge in [-0.1, -0.05) is 0 Å². The number of nitrogens with two attached hydrogens (primary N) is 1. The maximum absolute atomic E-state index is 9.06. The number of ether oxygens (including phenoxy) is 1. The van der Waals surface area contributed by atoms with E-state index in [1.807, 2.05) is 17.9 Å². The van der Waals surface area contributed by atoms with Crippen LogP contribution in [0.3, 0.4) is 0 Å². The molecule has 1 aromatic heterocycles. The summed E-state index contributed by atoms with van der Waals surface area (Å²) in [7, 11) is 1.66. The van der Waals surface area contributed by atoms with Crippen LogP contribution in [-0.2, 0) is 11.3 Å². The average Bonchev–Trinajstić information content (AvgIpc) is 2.34. The van der Waals surface area contributed by atoms with Crippen molar-refractivity contribution in [2.45, 2.75) is 13.5 Å². The molecule has 0 atom stereocenters. The molecule has 0 saturated heterocycles. The molecule has 1 rings (SSSR count). The van der Waals surface area contributed by atoms with Gasteiger partial charge in [0.15, 0.2) is 0 Å². The van der Waals surface area contributed by atoms with E-state index in [1.165, 1.54) is 0 Å². The van der Waals surface area contributed by atoms with Crippen molar-refractivity contribution in [1.82, 2.24) is 4.98 Å². The van der Waals surface area contributed by atoms with Gasteiger partial charge in [0.2, 0.25) is 0 Å². The summed E-state index contributed by atoms with van der Waals surface area (Å²) in [5.41, 5.74) is 7.65. The van der Waals surface area contributed by atoms with Crippen molar-refractivity contribution >= 4 is 5.82 Å². The Morgan fingerprint density at radius 3 is 2.76 bits per heavy atom. The largest absolute Gasteiger partial charge is 0.395 e. The number of methoxy groups -OCH3 is 1. The van der Waals surface area contributed by atoms with Crippen LogP contribution in [-0.4, -0.2) is 43.5 Å². The molecule has 0 bridgehead atoms. The van der Waals surface area contributed by atoms with Gasteiger partial charge in [0.05, 0.1) is 13.2 Å². The molecular weight excluding hydrogens is 218 g/mol. The Kier molecular flexibility index (Phi) is 5.90. The van der Waals surface area contributed by atoms with Crippen LogP contribution in [0.1, 0.15) is 11.1 Å². The summed E-state index contributed by atoms with van der Waals surface area (Å²) in [6.45, 7) is 4.47. The molecule has 0 aliphatic heterocycles. The van der Waals surface area contributed by atoms with E-state index in [-0.39, 0.29) is 6.61 Å². The first-order valence-corrected chi connectivity index (χ1v) is 5.73. The van der Waals surface area contributed by atoms with Crippen molar-refractivity contribution in [3.05, 3.63) is 23.4 Å². The van der Waals surface area contributed by atoms with Crippen LogP contribution in [0, 0.1) is 6.92 Å². The maximum Gasteiger partial charge on any atom is 0.131 e. The van der Waals surface area contributed by atoms with Crippen LogP contribution in [0.15, 0.2) is 12.3 Å². The van der Waals surface area contributed by atoms with Gasteiger partial charge in [-0.3, -0.25) is 0 Å². The van der Waals surface area contributed by atoms with Gasteiger partial charge in [0.25, 0.3) is 0 Å². The third-order valence-electron chi connectivity index (χ3n) is 2.58. The predicted molar refractivity (Wildman–Crippen MR) is 68.0 cm³/mol. The number of anilines is 1. The number of nitrogens with zero attached hydrogens (tertiary/aromatic N) is 2. The van der Waals surface area contributed by atoms with E-state index < -0.39 is 0 Å². The number of aromatic nitrogens is 1. The average molecular weight is 239 g/mol. The van der Waals surface area contributed by atoms with Crippen LogP contribution in [0.5, 0.6) is 0 Å². The summed E-state index contributed by atoms with van der Waals surface area (Å²) in [5, 5.41) is 9.06. The van der Waals surface area contributed by atoms with Crippen molar-refractivity contribution in [1.29, 1.82) is 0 Å². The molecule has 0 fully saturated rings. The lowest BCUT2D eigenvalue weighted by Gasteiger charge is -2.24. The summed E-state index contributed by atoms with van der Waals surface area (Å²) >= 11 is 0. The summed E-state index contributed by atoms with van der Waals surface area (Å²) in [6.07, 6.45) is 1.78. The van der Waals surface area contributed by atoms with Gasteiger partial charge in [0.1, 0.15) is 5.82 Å². The standard InChI is InChI=1S/C12H21N3O2/c1-10-7-11(8-13)9-14-12(10)15(3-5-16)4-6-17-2/h7,9,16H,3-6,8,13H2,1-2H3. The van der Waals surface area contributed by atoms with E-state index in [0.717, 1.165) is 16.9 Å².